The number of aliphatic imine (C=N–C) groups is 2. The van der Waals surface area contributed by atoms with Crippen molar-refractivity contribution in [2.24, 2.45) is 9.98 Å². The van der Waals surface area contributed by atoms with E-state index in [1.807, 2.05) is 27.7 Å². The molecule has 0 amide bonds. The van der Waals surface area contributed by atoms with Crippen LogP contribution < -0.4 is 5.23 Å². The third kappa shape index (κ3) is 10.0. The molecule has 0 aromatic heterocycles. The van der Waals surface area contributed by atoms with E-state index in [0.29, 0.717) is 50.6 Å². The Morgan fingerprint density at radius 3 is 1.83 bits per heavy atom. The highest BCUT2D eigenvalue weighted by Crippen LogP contribution is 2.12. The maximum Gasteiger partial charge on any atom is 0.176 e. The summed E-state index contributed by atoms with van der Waals surface area (Å²) in [5, 5.41) is 20.1. The van der Waals surface area contributed by atoms with Gasteiger partial charge in [0, 0.05) is 44.9 Å². The van der Waals surface area contributed by atoms with Crippen LogP contribution in [0.1, 0.15) is 38.8 Å². The Kier molecular flexibility index (Phi) is 13.2. The van der Waals surface area contributed by atoms with E-state index < -0.39 is 17.8 Å². The summed E-state index contributed by atoms with van der Waals surface area (Å²) in [4.78, 5) is 8.57. The molecule has 164 valence electrons. The average Bonchev–Trinajstić information content (AvgIpc) is 2.69. The van der Waals surface area contributed by atoms with Crippen LogP contribution in [-0.4, -0.2) is 69.7 Å². The average molecular weight is 411 g/mol. The van der Waals surface area contributed by atoms with Gasteiger partial charge in [0.05, 0.1) is 18.7 Å². The highest BCUT2D eigenvalue weighted by molar-refractivity contribution is 5.89. The Morgan fingerprint density at radius 2 is 1.38 bits per heavy atom. The minimum absolute atomic E-state index is 0.147. The van der Waals surface area contributed by atoms with Crippen molar-refractivity contribution in [2.75, 3.05) is 39.5 Å². The van der Waals surface area contributed by atoms with Gasteiger partial charge in [-0.15, -0.1) is 0 Å². The number of benzene rings is 1. The third-order valence-corrected chi connectivity index (χ3v) is 3.70. The molecule has 1 aromatic carbocycles. The minimum atomic E-state index is -1.03. The summed E-state index contributed by atoms with van der Waals surface area (Å²) in [6.45, 7) is 10.3. The van der Waals surface area contributed by atoms with Crippen LogP contribution in [-0.2, 0) is 18.9 Å². The molecule has 0 fully saturated rings. The zero-order valence-electron chi connectivity index (χ0n) is 17.7. The maximum absolute atomic E-state index is 11.6. The molecule has 2 N–H and O–H groups in total. The standard InChI is InChI=1S/C20H33N3O6/c1-5-26-19(27-6-2)14-21-12-16-9-10-17(18(11-16)23(24)25)13-22-15-20(28-7-3)29-8-4/h9-13,19-20,23-24H,5-8,14-15H2,1-4H3. The Hall–Kier alpha value is -1.72. The molecular weight excluding hydrogens is 378 g/mol. The lowest BCUT2D eigenvalue weighted by molar-refractivity contribution is -0.991. The molecule has 1 atom stereocenters. The molecule has 9 heteroatoms. The highest BCUT2D eigenvalue weighted by atomic mass is 16.8. The van der Waals surface area contributed by atoms with Crippen molar-refractivity contribution in [2.45, 2.75) is 40.3 Å². The van der Waals surface area contributed by atoms with Crippen LogP contribution in [0.3, 0.4) is 0 Å². The molecule has 1 unspecified atom stereocenters. The first-order valence-electron chi connectivity index (χ1n) is 9.88. The molecule has 1 rings (SSSR count). The Morgan fingerprint density at radius 1 is 0.897 bits per heavy atom. The highest BCUT2D eigenvalue weighted by Gasteiger charge is 2.10. The van der Waals surface area contributed by atoms with Gasteiger partial charge in [-0.2, -0.15) is 5.23 Å². The van der Waals surface area contributed by atoms with Crippen LogP contribution in [0.15, 0.2) is 28.2 Å². The fraction of sp³-hybridized carbons (Fsp3) is 0.600. The second kappa shape index (κ2) is 15.2. The summed E-state index contributed by atoms with van der Waals surface area (Å²) in [5.41, 5.74) is 1.32. The van der Waals surface area contributed by atoms with E-state index >= 15 is 0 Å². The second-order valence-electron chi connectivity index (χ2n) is 5.82. The lowest BCUT2D eigenvalue weighted by atomic mass is 10.1. The lowest BCUT2D eigenvalue weighted by Crippen LogP contribution is -2.99. The monoisotopic (exact) mass is 411 g/mol. The molecule has 29 heavy (non-hydrogen) atoms. The zero-order chi connectivity index (χ0) is 21.5. The first-order valence-corrected chi connectivity index (χ1v) is 9.88. The quantitative estimate of drug-likeness (QED) is 0.258. The van der Waals surface area contributed by atoms with E-state index in [-0.39, 0.29) is 5.69 Å². The summed E-state index contributed by atoms with van der Waals surface area (Å²) in [7, 11) is 0. The molecule has 0 heterocycles. The molecule has 0 saturated heterocycles. The molecule has 0 saturated carbocycles. The first kappa shape index (κ1) is 25.3. The van der Waals surface area contributed by atoms with E-state index in [1.54, 1.807) is 24.4 Å². The lowest BCUT2D eigenvalue weighted by Gasteiger charge is -2.16. The molecule has 1 aromatic rings. The van der Waals surface area contributed by atoms with Gasteiger partial charge in [-0.3, -0.25) is 9.98 Å². The predicted octanol–water partition coefficient (Wildman–Crippen LogP) is 1.73. The van der Waals surface area contributed by atoms with E-state index in [0.717, 1.165) is 0 Å². The topological polar surface area (TPSA) is 109 Å². The smallest absolute Gasteiger partial charge is 0.176 e. The second-order valence-corrected chi connectivity index (χ2v) is 5.82. The molecule has 0 spiro atoms. The fourth-order valence-corrected chi connectivity index (χ4v) is 2.48. The van der Waals surface area contributed by atoms with Crippen molar-refractivity contribution >= 4 is 18.1 Å². The number of ether oxygens (including phenoxy) is 4. The number of rotatable bonds is 15. The third-order valence-electron chi connectivity index (χ3n) is 3.70. The summed E-state index contributed by atoms with van der Waals surface area (Å²) in [6, 6.07) is 5.05. The number of hydrogen-bond donors (Lipinski definition) is 2. The molecule has 0 aliphatic rings. The van der Waals surface area contributed by atoms with Crippen molar-refractivity contribution in [3.8, 4) is 0 Å². The Balaban J connectivity index is 2.82. The van der Waals surface area contributed by atoms with Crippen molar-refractivity contribution in [3.63, 3.8) is 0 Å². The van der Waals surface area contributed by atoms with Crippen LogP contribution in [0.4, 0.5) is 5.69 Å². The number of quaternary nitrogens is 1. The number of hydrogen-bond acceptors (Lipinski definition) is 8. The minimum Gasteiger partial charge on any atom is -0.595 e. The largest absolute Gasteiger partial charge is 0.595 e. The van der Waals surface area contributed by atoms with Crippen LogP contribution in [0.5, 0.6) is 0 Å². The van der Waals surface area contributed by atoms with E-state index in [1.165, 1.54) is 6.21 Å². The molecule has 0 aliphatic heterocycles. The molecule has 9 nitrogen and oxygen atoms in total. The van der Waals surface area contributed by atoms with Gasteiger partial charge in [0.1, 0.15) is 0 Å². The normalized spacial score (nSPS) is 13.4. The van der Waals surface area contributed by atoms with Gasteiger partial charge >= 0.3 is 0 Å². The summed E-state index contributed by atoms with van der Waals surface area (Å²) in [5.74, 6) is 0. The summed E-state index contributed by atoms with van der Waals surface area (Å²) >= 11 is 0. The van der Waals surface area contributed by atoms with Gasteiger partial charge in [-0.05, 0) is 39.3 Å². The van der Waals surface area contributed by atoms with Crippen LogP contribution in [0, 0.1) is 5.21 Å². The van der Waals surface area contributed by atoms with Crippen molar-refractivity contribution < 1.29 is 29.4 Å². The summed E-state index contributed by atoms with van der Waals surface area (Å²) < 4.78 is 21.7. The van der Waals surface area contributed by atoms with Crippen molar-refractivity contribution in [1.29, 1.82) is 0 Å². The first-order chi connectivity index (χ1) is 14.0. The SMILES string of the molecule is CCOC(CN=Cc1ccc(C=NCC(OCC)OCC)c([NH+]([O-])O)c1)OCC. The number of nitrogens with zero attached hydrogens (tertiary/aromatic N) is 2. The van der Waals surface area contributed by atoms with Gasteiger partial charge in [-0.1, -0.05) is 6.07 Å². The molecular formula is C20H33N3O6. The van der Waals surface area contributed by atoms with Crippen molar-refractivity contribution in [3.05, 3.63) is 34.5 Å². The Labute approximate surface area is 172 Å². The van der Waals surface area contributed by atoms with Gasteiger partial charge in [-0.25, -0.2) is 5.21 Å². The number of nitrogens with one attached hydrogen (secondary N) is 1. The van der Waals surface area contributed by atoms with Gasteiger partial charge in [0.15, 0.2) is 18.3 Å². The van der Waals surface area contributed by atoms with Crippen LogP contribution >= 0.6 is 0 Å². The van der Waals surface area contributed by atoms with E-state index in [2.05, 4.69) is 9.98 Å². The van der Waals surface area contributed by atoms with Crippen molar-refractivity contribution in [1.82, 2.24) is 0 Å². The summed E-state index contributed by atoms with van der Waals surface area (Å²) in [6.07, 6.45) is 2.29. The Bertz CT molecular complexity index is 612. The zero-order valence-corrected chi connectivity index (χ0v) is 17.7. The predicted molar refractivity (Wildman–Crippen MR) is 111 cm³/mol. The van der Waals surface area contributed by atoms with E-state index in [9.17, 15) is 10.4 Å². The molecule has 0 aliphatic carbocycles. The fourth-order valence-electron chi connectivity index (χ4n) is 2.48. The van der Waals surface area contributed by atoms with Gasteiger partial charge in [0.25, 0.3) is 0 Å². The van der Waals surface area contributed by atoms with E-state index in [4.69, 9.17) is 18.9 Å². The molecule has 0 radical (unpaired) electrons. The van der Waals surface area contributed by atoms with Gasteiger partial charge in [0.2, 0.25) is 0 Å². The maximum atomic E-state index is 11.6. The molecule has 0 bridgehead atoms. The van der Waals surface area contributed by atoms with Crippen LogP contribution in [0.2, 0.25) is 0 Å². The van der Waals surface area contributed by atoms with Crippen LogP contribution in [0.25, 0.3) is 0 Å². The van der Waals surface area contributed by atoms with Gasteiger partial charge < -0.3 is 24.2 Å².